The largest absolute Gasteiger partial charge is 0.487 e. The van der Waals surface area contributed by atoms with Crippen LogP contribution in [-0.2, 0) is 6.61 Å². The number of nitrogens with zero attached hydrogens (tertiary/aromatic N) is 3. The summed E-state index contributed by atoms with van der Waals surface area (Å²) in [6, 6.07) is 7.17. The Bertz CT molecular complexity index is 869. The van der Waals surface area contributed by atoms with Crippen molar-refractivity contribution in [2.75, 3.05) is 5.32 Å². The molecule has 1 N–H and O–H groups in total. The molecule has 3 aromatic rings. The SMILES string of the molecule is Cc1cc(COc2ccc(Nc3nc(Cl)ncc3F)cc2C)no1. The van der Waals surface area contributed by atoms with E-state index in [-0.39, 0.29) is 11.1 Å². The van der Waals surface area contributed by atoms with Crippen LogP contribution in [0, 0.1) is 19.7 Å². The van der Waals surface area contributed by atoms with Crippen LogP contribution in [0.2, 0.25) is 5.28 Å². The molecule has 2 heterocycles. The van der Waals surface area contributed by atoms with Gasteiger partial charge in [-0.1, -0.05) is 5.16 Å². The first kappa shape index (κ1) is 16.2. The topological polar surface area (TPSA) is 73.1 Å². The first-order valence-corrected chi connectivity index (χ1v) is 7.50. The summed E-state index contributed by atoms with van der Waals surface area (Å²) in [6.45, 7) is 4.01. The van der Waals surface area contributed by atoms with E-state index in [0.29, 0.717) is 23.7 Å². The van der Waals surface area contributed by atoms with E-state index in [0.717, 1.165) is 17.5 Å². The molecule has 0 saturated heterocycles. The van der Waals surface area contributed by atoms with Gasteiger partial charge in [0.05, 0.1) is 6.20 Å². The van der Waals surface area contributed by atoms with E-state index < -0.39 is 5.82 Å². The Kier molecular flexibility index (Phi) is 4.61. The lowest BCUT2D eigenvalue weighted by Gasteiger charge is -2.11. The molecule has 0 radical (unpaired) electrons. The number of hydrogen-bond acceptors (Lipinski definition) is 6. The highest BCUT2D eigenvalue weighted by molar-refractivity contribution is 6.28. The molecule has 0 spiro atoms. The Balaban J connectivity index is 1.71. The average Bonchev–Trinajstić information content (AvgIpc) is 2.96. The van der Waals surface area contributed by atoms with Gasteiger partial charge in [0.25, 0.3) is 0 Å². The molecule has 0 saturated carbocycles. The number of nitrogens with one attached hydrogen (secondary N) is 1. The predicted molar refractivity (Wildman–Crippen MR) is 87.0 cm³/mol. The van der Waals surface area contributed by atoms with Crippen LogP contribution < -0.4 is 10.1 Å². The molecule has 0 aliphatic carbocycles. The van der Waals surface area contributed by atoms with Crippen molar-refractivity contribution in [3.63, 3.8) is 0 Å². The van der Waals surface area contributed by atoms with Gasteiger partial charge in [0.1, 0.15) is 23.8 Å². The number of hydrogen-bond donors (Lipinski definition) is 1. The Hall–Kier alpha value is -2.67. The summed E-state index contributed by atoms with van der Waals surface area (Å²) >= 11 is 5.68. The summed E-state index contributed by atoms with van der Waals surface area (Å²) in [5, 5.41) is 6.71. The fraction of sp³-hybridized carbons (Fsp3) is 0.188. The Labute approximate surface area is 142 Å². The first-order valence-electron chi connectivity index (χ1n) is 7.12. The molecule has 0 aliphatic rings. The molecule has 1 aromatic carbocycles. The van der Waals surface area contributed by atoms with Crippen molar-refractivity contribution in [1.29, 1.82) is 0 Å². The van der Waals surface area contributed by atoms with Crippen LogP contribution in [0.15, 0.2) is 35.0 Å². The zero-order chi connectivity index (χ0) is 17.1. The minimum absolute atomic E-state index is 0.0149. The van der Waals surface area contributed by atoms with Gasteiger partial charge < -0.3 is 14.6 Å². The van der Waals surface area contributed by atoms with Crippen LogP contribution in [0.25, 0.3) is 0 Å². The highest BCUT2D eigenvalue weighted by Crippen LogP contribution is 2.25. The number of aryl methyl sites for hydroxylation is 2. The zero-order valence-electron chi connectivity index (χ0n) is 13.0. The first-order chi connectivity index (χ1) is 11.5. The fourth-order valence-electron chi connectivity index (χ4n) is 2.10. The van der Waals surface area contributed by atoms with Crippen molar-refractivity contribution in [3.8, 4) is 5.75 Å². The molecular weight excluding hydrogens is 335 g/mol. The predicted octanol–water partition coefficient (Wildman–Crippen LogP) is 4.20. The van der Waals surface area contributed by atoms with Gasteiger partial charge in [-0.3, -0.25) is 0 Å². The number of ether oxygens (including phenoxy) is 1. The summed E-state index contributed by atoms with van der Waals surface area (Å²) in [4.78, 5) is 7.39. The fourth-order valence-corrected chi connectivity index (χ4v) is 2.23. The lowest BCUT2D eigenvalue weighted by molar-refractivity contribution is 0.286. The summed E-state index contributed by atoms with van der Waals surface area (Å²) in [7, 11) is 0. The van der Waals surface area contributed by atoms with E-state index in [2.05, 4.69) is 20.4 Å². The highest BCUT2D eigenvalue weighted by Gasteiger charge is 2.08. The molecular formula is C16H14ClFN4O2. The van der Waals surface area contributed by atoms with E-state index >= 15 is 0 Å². The van der Waals surface area contributed by atoms with E-state index in [1.165, 1.54) is 0 Å². The van der Waals surface area contributed by atoms with Crippen LogP contribution in [0.5, 0.6) is 5.75 Å². The van der Waals surface area contributed by atoms with Crippen molar-refractivity contribution < 1.29 is 13.7 Å². The van der Waals surface area contributed by atoms with Gasteiger partial charge in [-0.2, -0.15) is 4.98 Å². The average molecular weight is 349 g/mol. The number of benzene rings is 1. The van der Waals surface area contributed by atoms with Crippen molar-refractivity contribution in [2.24, 2.45) is 0 Å². The Morgan fingerprint density at radius 1 is 1.29 bits per heavy atom. The van der Waals surface area contributed by atoms with Gasteiger partial charge in [-0.25, -0.2) is 9.37 Å². The number of anilines is 2. The molecule has 0 bridgehead atoms. The van der Waals surface area contributed by atoms with E-state index in [4.69, 9.17) is 20.9 Å². The number of aromatic nitrogens is 3. The van der Waals surface area contributed by atoms with Gasteiger partial charge in [0.15, 0.2) is 11.6 Å². The molecule has 0 unspecified atom stereocenters. The maximum atomic E-state index is 13.7. The molecule has 2 aromatic heterocycles. The lowest BCUT2D eigenvalue weighted by Crippen LogP contribution is -2.01. The Morgan fingerprint density at radius 3 is 2.83 bits per heavy atom. The maximum absolute atomic E-state index is 13.7. The van der Waals surface area contributed by atoms with Crippen molar-refractivity contribution >= 4 is 23.1 Å². The monoisotopic (exact) mass is 348 g/mol. The minimum Gasteiger partial charge on any atom is -0.487 e. The second-order valence-electron chi connectivity index (χ2n) is 5.16. The highest BCUT2D eigenvalue weighted by atomic mass is 35.5. The molecule has 0 amide bonds. The molecule has 3 rings (SSSR count). The summed E-state index contributed by atoms with van der Waals surface area (Å²) < 4.78 is 24.4. The van der Waals surface area contributed by atoms with Crippen molar-refractivity contribution in [3.05, 3.63) is 58.6 Å². The second kappa shape index (κ2) is 6.84. The smallest absolute Gasteiger partial charge is 0.224 e. The van der Waals surface area contributed by atoms with Crippen LogP contribution >= 0.6 is 11.6 Å². The van der Waals surface area contributed by atoms with Gasteiger partial charge >= 0.3 is 0 Å². The molecule has 0 fully saturated rings. The quantitative estimate of drug-likeness (QED) is 0.697. The molecule has 24 heavy (non-hydrogen) atoms. The Morgan fingerprint density at radius 2 is 2.12 bits per heavy atom. The summed E-state index contributed by atoms with van der Waals surface area (Å²) in [5.41, 5.74) is 2.25. The van der Waals surface area contributed by atoms with Gasteiger partial charge in [-0.15, -0.1) is 0 Å². The van der Waals surface area contributed by atoms with Gasteiger partial charge in [-0.05, 0) is 49.2 Å². The van der Waals surface area contributed by atoms with Crippen LogP contribution in [0.4, 0.5) is 15.9 Å². The zero-order valence-corrected chi connectivity index (χ0v) is 13.8. The van der Waals surface area contributed by atoms with Gasteiger partial charge in [0.2, 0.25) is 5.28 Å². The molecule has 8 heteroatoms. The third kappa shape index (κ3) is 3.80. The van der Waals surface area contributed by atoms with E-state index in [1.807, 2.05) is 26.0 Å². The van der Waals surface area contributed by atoms with Crippen molar-refractivity contribution in [2.45, 2.75) is 20.5 Å². The summed E-state index contributed by atoms with van der Waals surface area (Å²) in [5.74, 6) is 0.859. The van der Waals surface area contributed by atoms with Crippen LogP contribution in [-0.4, -0.2) is 15.1 Å². The maximum Gasteiger partial charge on any atom is 0.224 e. The number of halogens is 2. The standard InChI is InChI=1S/C16H14ClFN4O2/c1-9-5-11(20-15-13(18)7-19-16(17)21-15)3-4-14(9)23-8-12-6-10(2)24-22-12/h3-7H,8H2,1-2H3,(H,19,20,21). The normalized spacial score (nSPS) is 10.7. The lowest BCUT2D eigenvalue weighted by atomic mass is 10.2. The summed E-state index contributed by atoms with van der Waals surface area (Å²) in [6.07, 6.45) is 1.02. The van der Waals surface area contributed by atoms with E-state index in [1.54, 1.807) is 12.1 Å². The van der Waals surface area contributed by atoms with Crippen molar-refractivity contribution in [1.82, 2.24) is 15.1 Å². The third-order valence-electron chi connectivity index (χ3n) is 3.20. The van der Waals surface area contributed by atoms with E-state index in [9.17, 15) is 4.39 Å². The molecule has 0 atom stereocenters. The number of rotatable bonds is 5. The minimum atomic E-state index is -0.584. The van der Waals surface area contributed by atoms with Crippen LogP contribution in [0.1, 0.15) is 17.0 Å². The van der Waals surface area contributed by atoms with Crippen LogP contribution in [0.3, 0.4) is 0 Å². The van der Waals surface area contributed by atoms with Gasteiger partial charge in [0, 0.05) is 11.8 Å². The molecule has 6 nitrogen and oxygen atoms in total. The third-order valence-corrected chi connectivity index (χ3v) is 3.39. The second-order valence-corrected chi connectivity index (χ2v) is 5.50. The molecule has 124 valence electrons. The molecule has 0 aliphatic heterocycles.